The highest BCUT2D eigenvalue weighted by Gasteiger charge is 2.09. The van der Waals surface area contributed by atoms with Crippen molar-refractivity contribution in [2.24, 2.45) is 5.92 Å². The molecule has 0 saturated heterocycles. The molecule has 1 heteroatoms. The summed E-state index contributed by atoms with van der Waals surface area (Å²) in [7, 11) is 0. The van der Waals surface area contributed by atoms with E-state index in [1.807, 2.05) is 0 Å². The van der Waals surface area contributed by atoms with Crippen LogP contribution >= 0.6 is 11.8 Å². The minimum atomic E-state index is 0.937. The lowest BCUT2D eigenvalue weighted by Gasteiger charge is -2.17. The molecule has 1 atom stereocenters. The van der Waals surface area contributed by atoms with E-state index in [2.05, 4.69) is 80.2 Å². The van der Waals surface area contributed by atoms with Crippen LogP contribution in [0.3, 0.4) is 0 Å². The summed E-state index contributed by atoms with van der Waals surface area (Å²) in [6.45, 7) is 4.62. The Morgan fingerprint density at radius 1 is 0.543 bits per heavy atom. The lowest BCUT2D eigenvalue weighted by Crippen LogP contribution is -2.06. The fourth-order valence-corrected chi connectivity index (χ4v) is 6.24. The molecule has 0 aliphatic rings. The number of rotatable bonds is 22. The summed E-state index contributed by atoms with van der Waals surface area (Å²) in [4.78, 5) is 0. The SMILES string of the molecule is CCCCCCCCCCC(CCCCCCCC)CSCCc1ccc(-c2ccccc2)cc1. The fraction of sp³-hybridized carbons (Fsp3) is 0.647. The standard InChI is InChI=1S/C34H54S/c1-3-5-7-9-11-12-14-17-21-32(20-16-13-10-8-6-4-2)30-35-29-28-31-24-26-34(27-25-31)33-22-18-15-19-23-33/h15,18-19,22-27,32H,3-14,16-17,20-21,28-30H2,1-2H3. The number of unbranched alkanes of at least 4 members (excludes halogenated alkanes) is 12. The Bertz CT molecular complexity index is 705. The molecule has 0 N–H and O–H groups in total. The third-order valence-electron chi connectivity index (χ3n) is 7.38. The van der Waals surface area contributed by atoms with Crippen molar-refractivity contribution in [3.63, 3.8) is 0 Å². The van der Waals surface area contributed by atoms with Crippen molar-refractivity contribution in [1.29, 1.82) is 0 Å². The zero-order chi connectivity index (χ0) is 24.8. The minimum Gasteiger partial charge on any atom is -0.161 e. The van der Waals surface area contributed by atoms with E-state index in [0.29, 0.717) is 0 Å². The third kappa shape index (κ3) is 14.8. The summed E-state index contributed by atoms with van der Waals surface area (Å²) in [6, 6.07) is 20.0. The summed E-state index contributed by atoms with van der Waals surface area (Å²) < 4.78 is 0. The van der Waals surface area contributed by atoms with Gasteiger partial charge in [0, 0.05) is 0 Å². The zero-order valence-corrected chi connectivity index (χ0v) is 23.9. The van der Waals surface area contributed by atoms with Gasteiger partial charge in [0.05, 0.1) is 0 Å². The lowest BCUT2D eigenvalue weighted by atomic mass is 9.95. The smallest absolute Gasteiger partial charge is 0.00269 e. The average molecular weight is 495 g/mol. The first kappa shape index (κ1) is 30.0. The molecule has 0 spiro atoms. The molecule has 2 aromatic rings. The van der Waals surface area contributed by atoms with Crippen LogP contribution in [0.2, 0.25) is 0 Å². The molecule has 35 heavy (non-hydrogen) atoms. The van der Waals surface area contributed by atoms with Crippen LogP contribution in [0.15, 0.2) is 54.6 Å². The van der Waals surface area contributed by atoms with Gasteiger partial charge in [0.15, 0.2) is 0 Å². The number of thioether (sulfide) groups is 1. The average Bonchev–Trinajstić information content (AvgIpc) is 2.90. The van der Waals surface area contributed by atoms with Gasteiger partial charge < -0.3 is 0 Å². The molecule has 0 saturated carbocycles. The predicted octanol–water partition coefficient (Wildman–Crippen LogP) is 11.5. The first-order valence-corrected chi connectivity index (χ1v) is 16.2. The molecule has 0 nitrogen and oxygen atoms in total. The lowest BCUT2D eigenvalue weighted by molar-refractivity contribution is 0.436. The Hall–Kier alpha value is -1.21. The van der Waals surface area contributed by atoms with Crippen molar-refractivity contribution in [2.45, 2.75) is 123 Å². The van der Waals surface area contributed by atoms with Crippen LogP contribution in [0.5, 0.6) is 0 Å². The van der Waals surface area contributed by atoms with Gasteiger partial charge in [0.25, 0.3) is 0 Å². The minimum absolute atomic E-state index is 0.937. The van der Waals surface area contributed by atoms with Gasteiger partial charge in [-0.25, -0.2) is 0 Å². The van der Waals surface area contributed by atoms with Gasteiger partial charge in [-0.3, -0.25) is 0 Å². The summed E-state index contributed by atoms with van der Waals surface area (Å²) in [6.07, 6.45) is 24.2. The van der Waals surface area contributed by atoms with E-state index in [0.717, 1.165) is 5.92 Å². The van der Waals surface area contributed by atoms with E-state index >= 15 is 0 Å². The first-order valence-electron chi connectivity index (χ1n) is 15.1. The maximum absolute atomic E-state index is 2.33. The molecular formula is C34H54S. The molecule has 0 aliphatic carbocycles. The van der Waals surface area contributed by atoms with Crippen molar-refractivity contribution >= 4 is 11.8 Å². The van der Waals surface area contributed by atoms with E-state index < -0.39 is 0 Å². The van der Waals surface area contributed by atoms with Gasteiger partial charge in [-0.2, -0.15) is 11.8 Å². The van der Waals surface area contributed by atoms with Crippen molar-refractivity contribution < 1.29 is 0 Å². The second-order valence-electron chi connectivity index (χ2n) is 10.6. The highest BCUT2D eigenvalue weighted by Crippen LogP contribution is 2.24. The largest absolute Gasteiger partial charge is 0.161 e. The van der Waals surface area contributed by atoms with Gasteiger partial charge in [0.1, 0.15) is 0 Å². The highest BCUT2D eigenvalue weighted by atomic mass is 32.2. The topological polar surface area (TPSA) is 0 Å². The zero-order valence-electron chi connectivity index (χ0n) is 23.1. The number of aryl methyl sites for hydroxylation is 1. The van der Waals surface area contributed by atoms with Crippen molar-refractivity contribution in [1.82, 2.24) is 0 Å². The van der Waals surface area contributed by atoms with Gasteiger partial charge in [0.2, 0.25) is 0 Å². The molecule has 0 aromatic heterocycles. The maximum atomic E-state index is 2.33. The molecule has 2 rings (SSSR count). The summed E-state index contributed by atoms with van der Waals surface area (Å²) in [5.41, 5.74) is 4.12. The Labute approximate surface area is 223 Å². The molecule has 2 aromatic carbocycles. The molecule has 1 unspecified atom stereocenters. The van der Waals surface area contributed by atoms with Crippen LogP contribution in [0, 0.1) is 5.92 Å². The Kier molecular flexibility index (Phi) is 18.0. The molecule has 0 bridgehead atoms. The second-order valence-corrected chi connectivity index (χ2v) is 11.7. The Balaban J connectivity index is 1.65. The monoisotopic (exact) mass is 494 g/mol. The maximum Gasteiger partial charge on any atom is -0.00269 e. The van der Waals surface area contributed by atoms with Crippen LogP contribution in [0.4, 0.5) is 0 Å². The molecule has 0 radical (unpaired) electrons. The number of hydrogen-bond donors (Lipinski definition) is 0. The predicted molar refractivity (Wildman–Crippen MR) is 162 cm³/mol. The van der Waals surface area contributed by atoms with Crippen LogP contribution in [0.25, 0.3) is 11.1 Å². The molecule has 0 aliphatic heterocycles. The number of hydrogen-bond acceptors (Lipinski definition) is 1. The van der Waals surface area contributed by atoms with Crippen LogP contribution in [-0.2, 0) is 6.42 Å². The van der Waals surface area contributed by atoms with Gasteiger partial charge in [-0.1, -0.05) is 158 Å². The Morgan fingerprint density at radius 3 is 1.57 bits per heavy atom. The normalized spacial score (nSPS) is 12.2. The van der Waals surface area contributed by atoms with Crippen LogP contribution in [-0.4, -0.2) is 11.5 Å². The Morgan fingerprint density at radius 2 is 1.03 bits per heavy atom. The molecule has 196 valence electrons. The van der Waals surface area contributed by atoms with Gasteiger partial charge in [-0.15, -0.1) is 0 Å². The van der Waals surface area contributed by atoms with Crippen molar-refractivity contribution in [2.75, 3.05) is 11.5 Å². The summed E-state index contributed by atoms with van der Waals surface area (Å²) in [5.74, 6) is 3.56. The van der Waals surface area contributed by atoms with E-state index in [1.54, 1.807) is 0 Å². The fourth-order valence-electron chi connectivity index (χ4n) is 5.03. The molecule has 0 amide bonds. The van der Waals surface area contributed by atoms with Gasteiger partial charge in [-0.05, 0) is 53.4 Å². The van der Waals surface area contributed by atoms with E-state index in [4.69, 9.17) is 0 Å². The van der Waals surface area contributed by atoms with Crippen molar-refractivity contribution in [3.05, 3.63) is 60.2 Å². The quantitative estimate of drug-likeness (QED) is 0.147. The first-order chi connectivity index (χ1) is 17.3. The van der Waals surface area contributed by atoms with E-state index in [-0.39, 0.29) is 0 Å². The third-order valence-corrected chi connectivity index (χ3v) is 8.58. The van der Waals surface area contributed by atoms with Gasteiger partial charge >= 0.3 is 0 Å². The highest BCUT2D eigenvalue weighted by molar-refractivity contribution is 7.99. The summed E-state index contributed by atoms with van der Waals surface area (Å²) >= 11 is 2.21. The van der Waals surface area contributed by atoms with Crippen LogP contribution < -0.4 is 0 Å². The number of benzene rings is 2. The second kappa shape index (κ2) is 20.9. The van der Waals surface area contributed by atoms with Crippen molar-refractivity contribution in [3.8, 4) is 11.1 Å². The molecule has 0 fully saturated rings. The van der Waals surface area contributed by atoms with E-state index in [1.165, 1.54) is 137 Å². The van der Waals surface area contributed by atoms with Crippen LogP contribution in [0.1, 0.15) is 122 Å². The summed E-state index contributed by atoms with van der Waals surface area (Å²) in [5, 5.41) is 0. The molecular weight excluding hydrogens is 440 g/mol. The van der Waals surface area contributed by atoms with E-state index in [9.17, 15) is 0 Å². The molecule has 0 heterocycles.